The third-order valence-electron chi connectivity index (χ3n) is 4.79. The van der Waals surface area contributed by atoms with E-state index in [1.54, 1.807) is 18.9 Å². The van der Waals surface area contributed by atoms with Crippen LogP contribution in [-0.2, 0) is 29.5 Å². The van der Waals surface area contributed by atoms with E-state index < -0.39 is 5.97 Å². The maximum Gasteiger partial charge on any atom is 0.356 e. The number of esters is 1. The van der Waals surface area contributed by atoms with E-state index in [2.05, 4.69) is 5.10 Å². The molecule has 0 aliphatic carbocycles. The summed E-state index contributed by atoms with van der Waals surface area (Å²) in [6.45, 7) is 6.62. The first kappa shape index (κ1) is 20.2. The molecular weight excluding hydrogens is 382 g/mol. The highest BCUT2D eigenvalue weighted by Gasteiger charge is 2.30. The van der Waals surface area contributed by atoms with Crippen LogP contribution in [0.5, 0.6) is 5.75 Å². The number of halogens is 1. The highest BCUT2D eigenvalue weighted by molar-refractivity contribution is 6.32. The number of aromatic nitrogens is 2. The quantitative estimate of drug-likeness (QED) is 0.715. The molecule has 0 fully saturated rings. The van der Waals surface area contributed by atoms with Gasteiger partial charge in [0.1, 0.15) is 5.75 Å². The number of hydrogen-bond acceptors (Lipinski definition) is 5. The number of nitrogens with zero attached hydrogens (tertiary/aromatic N) is 3. The Morgan fingerprint density at radius 1 is 1.25 bits per heavy atom. The maximum atomic E-state index is 12.7. The van der Waals surface area contributed by atoms with E-state index in [0.717, 1.165) is 22.4 Å². The predicted molar refractivity (Wildman–Crippen MR) is 105 cm³/mol. The number of hydrogen-bond donors (Lipinski definition) is 0. The lowest BCUT2D eigenvalue weighted by Gasteiger charge is -2.26. The number of rotatable bonds is 5. The first-order valence-corrected chi connectivity index (χ1v) is 9.58. The molecule has 0 saturated heterocycles. The minimum absolute atomic E-state index is 0.0785. The molecule has 150 valence electrons. The zero-order valence-corrected chi connectivity index (χ0v) is 17.3. The molecule has 2 aromatic rings. The molecule has 0 N–H and O–H groups in total. The van der Waals surface area contributed by atoms with E-state index in [-0.39, 0.29) is 19.1 Å². The van der Waals surface area contributed by atoms with Gasteiger partial charge in [-0.05, 0) is 44.0 Å². The standard InChI is InChI=1S/C20H24ClN3O4/c1-5-27-20(26)19-15-10-24(7-6-16(15)22-23(19)4)17(25)11-28-14-8-12(2)18(21)13(3)9-14/h8-9H,5-7,10-11H2,1-4H3. The van der Waals surface area contributed by atoms with Crippen molar-refractivity contribution in [3.05, 3.63) is 45.2 Å². The number of ether oxygens (including phenoxy) is 2. The Bertz CT molecular complexity index is 899. The van der Waals surface area contributed by atoms with Gasteiger partial charge in [0.15, 0.2) is 12.3 Å². The summed E-state index contributed by atoms with van der Waals surface area (Å²) in [5.74, 6) is 0.0463. The van der Waals surface area contributed by atoms with Gasteiger partial charge in [0.2, 0.25) is 0 Å². The van der Waals surface area contributed by atoms with Crippen LogP contribution in [0.3, 0.4) is 0 Å². The Morgan fingerprint density at radius 3 is 2.57 bits per heavy atom. The third-order valence-corrected chi connectivity index (χ3v) is 5.39. The van der Waals surface area contributed by atoms with Crippen molar-refractivity contribution < 1.29 is 19.1 Å². The van der Waals surface area contributed by atoms with Gasteiger partial charge in [-0.25, -0.2) is 4.79 Å². The van der Waals surface area contributed by atoms with Crippen LogP contribution in [0.4, 0.5) is 0 Å². The van der Waals surface area contributed by atoms with Crippen molar-refractivity contribution in [3.8, 4) is 5.75 Å². The number of benzene rings is 1. The summed E-state index contributed by atoms with van der Waals surface area (Å²) in [5.41, 5.74) is 3.79. The Kier molecular flexibility index (Phi) is 5.93. The maximum absolute atomic E-state index is 12.7. The number of aryl methyl sites for hydroxylation is 3. The van der Waals surface area contributed by atoms with Gasteiger partial charge in [0.05, 0.1) is 18.8 Å². The lowest BCUT2D eigenvalue weighted by atomic mass is 10.1. The average molecular weight is 406 g/mol. The van der Waals surface area contributed by atoms with Crippen LogP contribution < -0.4 is 4.74 Å². The Labute approximate surface area is 169 Å². The lowest BCUT2D eigenvalue weighted by molar-refractivity contribution is -0.134. The molecule has 8 heteroatoms. The van der Waals surface area contributed by atoms with Gasteiger partial charge in [-0.15, -0.1) is 0 Å². The van der Waals surface area contributed by atoms with Crippen LogP contribution in [0.15, 0.2) is 12.1 Å². The van der Waals surface area contributed by atoms with Gasteiger partial charge in [0, 0.05) is 30.6 Å². The van der Waals surface area contributed by atoms with E-state index in [0.29, 0.717) is 36.0 Å². The van der Waals surface area contributed by atoms with Crippen LogP contribution in [0.2, 0.25) is 5.02 Å². The van der Waals surface area contributed by atoms with E-state index >= 15 is 0 Å². The number of carbonyl (C=O) groups is 2. The van der Waals surface area contributed by atoms with Gasteiger partial charge in [0.25, 0.3) is 5.91 Å². The lowest BCUT2D eigenvalue weighted by Crippen LogP contribution is -2.39. The summed E-state index contributed by atoms with van der Waals surface area (Å²) >= 11 is 6.17. The van der Waals surface area contributed by atoms with E-state index in [4.69, 9.17) is 21.1 Å². The topological polar surface area (TPSA) is 73.7 Å². The first-order valence-electron chi connectivity index (χ1n) is 9.21. The van der Waals surface area contributed by atoms with E-state index in [9.17, 15) is 9.59 Å². The molecule has 1 aromatic carbocycles. The van der Waals surface area contributed by atoms with Crippen molar-refractivity contribution in [2.45, 2.75) is 33.7 Å². The SMILES string of the molecule is CCOC(=O)c1c2c(nn1C)CCN(C(=O)COc1cc(C)c(Cl)c(C)c1)C2. The molecule has 1 aliphatic rings. The largest absolute Gasteiger partial charge is 0.484 e. The Balaban J connectivity index is 1.70. The van der Waals surface area contributed by atoms with Crippen LogP contribution >= 0.6 is 11.6 Å². The fourth-order valence-corrected chi connectivity index (χ4v) is 3.50. The monoisotopic (exact) mass is 405 g/mol. The summed E-state index contributed by atoms with van der Waals surface area (Å²) in [6, 6.07) is 3.63. The molecular formula is C20H24ClN3O4. The van der Waals surface area contributed by atoms with Crippen molar-refractivity contribution in [1.29, 1.82) is 0 Å². The molecule has 0 spiro atoms. The van der Waals surface area contributed by atoms with E-state index in [1.165, 1.54) is 4.68 Å². The van der Waals surface area contributed by atoms with Crippen molar-refractivity contribution >= 4 is 23.5 Å². The van der Waals surface area contributed by atoms with Crippen molar-refractivity contribution in [3.63, 3.8) is 0 Å². The van der Waals surface area contributed by atoms with E-state index in [1.807, 2.05) is 26.0 Å². The zero-order chi connectivity index (χ0) is 20.4. The molecule has 0 radical (unpaired) electrons. The molecule has 1 amide bonds. The second-order valence-corrected chi connectivity index (χ2v) is 7.22. The second-order valence-electron chi connectivity index (χ2n) is 6.84. The summed E-state index contributed by atoms with van der Waals surface area (Å²) in [6.07, 6.45) is 0.591. The highest BCUT2D eigenvalue weighted by Crippen LogP contribution is 2.26. The minimum Gasteiger partial charge on any atom is -0.484 e. The zero-order valence-electron chi connectivity index (χ0n) is 16.5. The van der Waals surface area contributed by atoms with Crippen LogP contribution in [-0.4, -0.2) is 46.3 Å². The van der Waals surface area contributed by atoms with Gasteiger partial charge in [-0.3, -0.25) is 9.48 Å². The molecule has 1 aromatic heterocycles. The third kappa shape index (κ3) is 3.99. The summed E-state index contributed by atoms with van der Waals surface area (Å²) in [5, 5.41) is 5.10. The molecule has 2 heterocycles. The molecule has 1 aliphatic heterocycles. The first-order chi connectivity index (χ1) is 13.3. The fraction of sp³-hybridized carbons (Fsp3) is 0.450. The fourth-order valence-electron chi connectivity index (χ4n) is 3.39. The van der Waals surface area contributed by atoms with Crippen molar-refractivity contribution in [2.24, 2.45) is 7.05 Å². The molecule has 0 atom stereocenters. The van der Waals surface area contributed by atoms with Crippen LogP contribution in [0.25, 0.3) is 0 Å². The van der Waals surface area contributed by atoms with Gasteiger partial charge >= 0.3 is 5.97 Å². The highest BCUT2D eigenvalue weighted by atomic mass is 35.5. The molecule has 0 unspecified atom stereocenters. The molecule has 0 saturated carbocycles. The van der Waals surface area contributed by atoms with Crippen molar-refractivity contribution in [1.82, 2.24) is 14.7 Å². The van der Waals surface area contributed by atoms with Gasteiger partial charge in [-0.2, -0.15) is 5.10 Å². The molecule has 3 rings (SSSR count). The van der Waals surface area contributed by atoms with Gasteiger partial charge < -0.3 is 14.4 Å². The summed E-state index contributed by atoms with van der Waals surface area (Å²) < 4.78 is 12.3. The molecule has 7 nitrogen and oxygen atoms in total. The normalized spacial score (nSPS) is 13.2. The number of amides is 1. The predicted octanol–water partition coefficient (Wildman–Crippen LogP) is 2.83. The van der Waals surface area contributed by atoms with Gasteiger partial charge in [-0.1, -0.05) is 11.6 Å². The Morgan fingerprint density at radius 2 is 1.93 bits per heavy atom. The second kappa shape index (κ2) is 8.22. The van der Waals surface area contributed by atoms with Crippen LogP contribution in [0.1, 0.15) is 39.8 Å². The van der Waals surface area contributed by atoms with Crippen molar-refractivity contribution in [2.75, 3.05) is 19.8 Å². The summed E-state index contributed by atoms with van der Waals surface area (Å²) in [7, 11) is 1.71. The Hall–Kier alpha value is -2.54. The number of carbonyl (C=O) groups excluding carboxylic acids is 2. The summed E-state index contributed by atoms with van der Waals surface area (Å²) in [4.78, 5) is 26.6. The molecule has 28 heavy (non-hydrogen) atoms. The van der Waals surface area contributed by atoms with Crippen LogP contribution in [0, 0.1) is 13.8 Å². The minimum atomic E-state index is -0.420. The smallest absolute Gasteiger partial charge is 0.356 e. The average Bonchev–Trinajstić information content (AvgIpc) is 2.99. The molecule has 0 bridgehead atoms. The number of fused-ring (bicyclic) bond motifs is 1.